The highest BCUT2D eigenvalue weighted by Crippen LogP contribution is 2.45. The highest BCUT2D eigenvalue weighted by atomic mass is 16.3. The molecule has 5 nitrogen and oxygen atoms in total. The van der Waals surface area contributed by atoms with Gasteiger partial charge in [-0.25, -0.2) is 4.98 Å². The van der Waals surface area contributed by atoms with Crippen LogP contribution < -0.4 is 0 Å². The van der Waals surface area contributed by atoms with Gasteiger partial charge in [-0.15, -0.1) is 0 Å². The number of nitrogens with zero attached hydrogens (tertiary/aromatic N) is 4. The number of benzene rings is 9. The van der Waals surface area contributed by atoms with Crippen molar-refractivity contribution in [3.05, 3.63) is 289 Å². The Labute approximate surface area is 566 Å². The molecule has 14 aromatic rings. The van der Waals surface area contributed by atoms with Gasteiger partial charge in [0, 0.05) is 68.4 Å². The Hall–Kier alpha value is -10.6. The monoisotopic (exact) mass is 1250 g/mol. The van der Waals surface area contributed by atoms with Crippen LogP contribution in [0.4, 0.5) is 0 Å². The molecule has 0 bridgehead atoms. The number of furan rings is 1. The summed E-state index contributed by atoms with van der Waals surface area (Å²) < 4.78 is 6.45. The van der Waals surface area contributed by atoms with Crippen LogP contribution in [0, 0.1) is 6.92 Å². The number of aryl methyl sites for hydroxylation is 1. The van der Waals surface area contributed by atoms with Gasteiger partial charge in [0.05, 0.1) is 17.1 Å². The molecule has 472 valence electrons. The molecule has 96 heavy (non-hydrogen) atoms. The van der Waals surface area contributed by atoms with Gasteiger partial charge in [-0.2, -0.15) is 0 Å². The third-order valence-corrected chi connectivity index (χ3v) is 19.0. The Kier molecular flexibility index (Phi) is 16.1. The summed E-state index contributed by atoms with van der Waals surface area (Å²) >= 11 is 0. The Morgan fingerprint density at radius 1 is 0.250 bits per heavy atom. The largest absolute Gasteiger partial charge is 0.437 e. The lowest BCUT2D eigenvalue weighted by Crippen LogP contribution is -2.16. The molecule has 0 spiro atoms. The lowest BCUT2D eigenvalue weighted by molar-refractivity contribution is 0.568. The van der Waals surface area contributed by atoms with Gasteiger partial charge in [0.15, 0.2) is 0 Å². The predicted molar refractivity (Wildman–Crippen MR) is 404 cm³/mol. The standard InChI is InChI=1S/C91H82N4O/c1-57-35-39-81-80-33-22-34-82(86(80)96-87(81)95-57)85-42-38-64(56-94-85)76-29-16-19-32-79(76)69-46-67(77-30-17-14-27-74(77)62-36-40-83(92-54-62)60-25-20-23-58(43-60)65-48-70(88(2,3)4)52-71(49-65)89(5,6)7)45-68(47-69)78-31-18-15-28-75(78)63-37-41-84(93-55-63)61-26-21-24-59(44-61)66-50-72(90(8,9)10)53-73(51-66)91(11,12)13/h14-56H,1-13H3. The summed E-state index contributed by atoms with van der Waals surface area (Å²) in [6.07, 6.45) is 6.07. The smallest absolute Gasteiger partial charge is 0.227 e. The molecule has 0 N–H and O–H groups in total. The minimum Gasteiger partial charge on any atom is -0.437 e. The van der Waals surface area contributed by atoms with Gasteiger partial charge in [-0.1, -0.05) is 259 Å². The number of rotatable bonds is 11. The zero-order valence-corrected chi connectivity index (χ0v) is 57.5. The Morgan fingerprint density at radius 2 is 0.583 bits per heavy atom. The molecule has 0 saturated heterocycles. The number of hydrogen-bond donors (Lipinski definition) is 0. The Bertz CT molecular complexity index is 4960. The van der Waals surface area contributed by atoms with Crippen LogP contribution in [0.25, 0.3) is 145 Å². The third kappa shape index (κ3) is 12.7. The van der Waals surface area contributed by atoms with Crippen molar-refractivity contribution in [1.82, 2.24) is 19.9 Å². The van der Waals surface area contributed by atoms with Crippen LogP contribution in [-0.2, 0) is 21.7 Å². The normalized spacial score (nSPS) is 12.2. The molecule has 5 aromatic heterocycles. The van der Waals surface area contributed by atoms with E-state index in [1.54, 1.807) is 0 Å². The highest BCUT2D eigenvalue weighted by Gasteiger charge is 2.25. The fraction of sp³-hybridized carbons (Fsp3) is 0.187. The molecule has 0 aliphatic heterocycles. The number of para-hydroxylation sites is 1. The van der Waals surface area contributed by atoms with E-state index < -0.39 is 0 Å². The van der Waals surface area contributed by atoms with E-state index in [0.29, 0.717) is 5.71 Å². The van der Waals surface area contributed by atoms with Crippen molar-refractivity contribution in [2.45, 2.75) is 112 Å². The van der Waals surface area contributed by atoms with E-state index in [4.69, 9.17) is 24.4 Å². The van der Waals surface area contributed by atoms with E-state index in [2.05, 4.69) is 320 Å². The van der Waals surface area contributed by atoms with E-state index in [1.807, 2.05) is 31.6 Å². The lowest BCUT2D eigenvalue weighted by Gasteiger charge is -2.26. The third-order valence-electron chi connectivity index (χ3n) is 19.0. The van der Waals surface area contributed by atoms with E-state index in [-0.39, 0.29) is 21.7 Å². The fourth-order valence-electron chi connectivity index (χ4n) is 13.2. The van der Waals surface area contributed by atoms with Crippen LogP contribution in [0.3, 0.4) is 0 Å². The second-order valence-corrected chi connectivity index (χ2v) is 30.1. The maximum absolute atomic E-state index is 6.45. The molecule has 0 unspecified atom stereocenters. The molecule has 0 fully saturated rings. The van der Waals surface area contributed by atoms with Crippen LogP contribution in [0.5, 0.6) is 0 Å². The quantitative estimate of drug-likeness (QED) is 0.129. The summed E-state index contributed by atoms with van der Waals surface area (Å²) in [5.41, 5.74) is 31.1. The average molecular weight is 1250 g/mol. The molecule has 0 aliphatic rings. The van der Waals surface area contributed by atoms with Crippen molar-refractivity contribution in [2.24, 2.45) is 0 Å². The molecule has 14 rings (SSSR count). The summed E-state index contributed by atoms with van der Waals surface area (Å²) in [6.45, 7) is 29.5. The van der Waals surface area contributed by atoms with Crippen molar-refractivity contribution in [3.63, 3.8) is 0 Å². The van der Waals surface area contributed by atoms with Crippen LogP contribution >= 0.6 is 0 Å². The van der Waals surface area contributed by atoms with Gasteiger partial charge >= 0.3 is 0 Å². The molecule has 5 heterocycles. The Morgan fingerprint density at radius 3 is 0.948 bits per heavy atom. The predicted octanol–water partition coefficient (Wildman–Crippen LogP) is 25.0. The van der Waals surface area contributed by atoms with Crippen LogP contribution in [0.2, 0.25) is 0 Å². The second-order valence-electron chi connectivity index (χ2n) is 30.1. The highest BCUT2D eigenvalue weighted by molar-refractivity contribution is 6.08. The van der Waals surface area contributed by atoms with E-state index in [1.165, 1.54) is 44.5 Å². The zero-order valence-electron chi connectivity index (χ0n) is 57.5. The first kappa shape index (κ1) is 62.8. The Balaban J connectivity index is 0.852. The van der Waals surface area contributed by atoms with Gasteiger partial charge in [0.1, 0.15) is 5.58 Å². The van der Waals surface area contributed by atoms with E-state index in [0.717, 1.165) is 123 Å². The SMILES string of the molecule is Cc1ccc2c(n1)oc1c(-c3ccc(-c4ccccc4-c4cc(-c5ccccc5-c5ccc(-c6cccc(-c7cc(C(C)(C)C)cc(C(C)(C)C)c7)c6)nc5)cc(-c5ccccc5-c5ccc(-c6cccc(-c7cc(C(C)(C)C)cc(C(C)(C)C)c7)c6)nc5)c4)cn3)cccc12. The first-order valence-corrected chi connectivity index (χ1v) is 33.6. The molecular formula is C91H82N4O. The lowest BCUT2D eigenvalue weighted by atomic mass is 9.79. The molecule has 5 heteroatoms. The van der Waals surface area contributed by atoms with Crippen LogP contribution in [0.1, 0.15) is 111 Å². The van der Waals surface area contributed by atoms with Gasteiger partial charge < -0.3 is 4.42 Å². The zero-order chi connectivity index (χ0) is 66.8. The molecule has 0 saturated carbocycles. The van der Waals surface area contributed by atoms with Crippen molar-refractivity contribution in [3.8, 4) is 123 Å². The van der Waals surface area contributed by atoms with Gasteiger partial charge in [-0.05, 0) is 190 Å². The van der Waals surface area contributed by atoms with E-state index >= 15 is 0 Å². The van der Waals surface area contributed by atoms with E-state index in [9.17, 15) is 0 Å². The minimum atomic E-state index is 0.00954. The summed E-state index contributed by atoms with van der Waals surface area (Å²) in [4.78, 5) is 20.3. The number of fused-ring (bicyclic) bond motifs is 3. The van der Waals surface area contributed by atoms with Gasteiger partial charge in [0.25, 0.3) is 0 Å². The van der Waals surface area contributed by atoms with Crippen molar-refractivity contribution in [2.75, 3.05) is 0 Å². The summed E-state index contributed by atoms with van der Waals surface area (Å²) in [5, 5.41) is 2.02. The minimum absolute atomic E-state index is 0.00954. The average Bonchev–Trinajstić information content (AvgIpc) is 1.53. The second kappa shape index (κ2) is 24.6. The molecule has 0 radical (unpaired) electrons. The molecule has 0 aliphatic carbocycles. The summed E-state index contributed by atoms with van der Waals surface area (Å²) in [7, 11) is 0. The number of hydrogen-bond acceptors (Lipinski definition) is 5. The molecule has 0 amide bonds. The van der Waals surface area contributed by atoms with Crippen LogP contribution in [-0.4, -0.2) is 19.9 Å². The summed E-state index contributed by atoms with van der Waals surface area (Å²) in [6, 6.07) is 88.6. The fourth-order valence-corrected chi connectivity index (χ4v) is 13.2. The van der Waals surface area contributed by atoms with Gasteiger partial charge in [0.2, 0.25) is 5.71 Å². The maximum atomic E-state index is 6.45. The molecular weight excluding hydrogens is 1170 g/mol. The topological polar surface area (TPSA) is 64.7 Å². The number of aromatic nitrogens is 4. The summed E-state index contributed by atoms with van der Waals surface area (Å²) in [5.74, 6) is 0. The first-order chi connectivity index (χ1) is 46.0. The van der Waals surface area contributed by atoms with Crippen LogP contribution in [0.15, 0.2) is 266 Å². The van der Waals surface area contributed by atoms with Crippen molar-refractivity contribution < 1.29 is 4.42 Å². The van der Waals surface area contributed by atoms with Crippen molar-refractivity contribution in [1.29, 1.82) is 0 Å². The first-order valence-electron chi connectivity index (χ1n) is 33.6. The molecule has 0 atom stereocenters. The number of pyridine rings is 4. The van der Waals surface area contributed by atoms with Gasteiger partial charge in [-0.3, -0.25) is 15.0 Å². The maximum Gasteiger partial charge on any atom is 0.227 e. The van der Waals surface area contributed by atoms with Crippen molar-refractivity contribution >= 4 is 22.1 Å². The molecule has 9 aromatic carbocycles.